The number of nitrogens with one attached hydrogen (secondary N) is 1. The number of hydrogen-bond donors (Lipinski definition) is 1. The molecule has 1 fully saturated rings. The summed E-state index contributed by atoms with van der Waals surface area (Å²) in [6.45, 7) is 1.95. The lowest BCUT2D eigenvalue weighted by Gasteiger charge is -2.13. The lowest BCUT2D eigenvalue weighted by molar-refractivity contribution is 0.102. The van der Waals surface area contributed by atoms with Crippen LogP contribution in [0, 0.1) is 6.92 Å². The molecule has 0 bridgehead atoms. The Morgan fingerprint density at radius 1 is 1.17 bits per heavy atom. The van der Waals surface area contributed by atoms with Gasteiger partial charge < -0.3 is 10.1 Å². The molecule has 1 N–H and O–H groups in total. The van der Waals surface area contributed by atoms with E-state index in [0.717, 1.165) is 11.1 Å². The normalized spacial score (nSPS) is 17.6. The zero-order valence-electron chi connectivity index (χ0n) is 16.8. The summed E-state index contributed by atoms with van der Waals surface area (Å²) in [5.41, 5.74) is 3.50. The highest BCUT2D eigenvalue weighted by Crippen LogP contribution is 2.31. The van der Waals surface area contributed by atoms with Crippen LogP contribution in [0.4, 0.5) is 5.69 Å². The average molecular weight is 426 g/mol. The molecule has 0 unspecified atom stereocenters. The van der Waals surface area contributed by atoms with Crippen molar-refractivity contribution in [2.75, 3.05) is 23.9 Å². The minimum absolute atomic E-state index is 0.0246. The predicted octanol–water partition coefficient (Wildman–Crippen LogP) is 3.48. The number of nitrogens with zero attached hydrogens (tertiary/aromatic N) is 2. The van der Waals surface area contributed by atoms with Crippen molar-refractivity contribution in [1.29, 1.82) is 0 Å². The summed E-state index contributed by atoms with van der Waals surface area (Å²) in [6.07, 6.45) is 0.478. The zero-order chi connectivity index (χ0) is 21.3. The van der Waals surface area contributed by atoms with Gasteiger partial charge >= 0.3 is 0 Å². The van der Waals surface area contributed by atoms with Crippen LogP contribution in [0.2, 0.25) is 0 Å². The molecule has 1 saturated heterocycles. The van der Waals surface area contributed by atoms with Crippen molar-refractivity contribution < 1.29 is 17.9 Å². The first-order chi connectivity index (χ1) is 14.3. The largest absolute Gasteiger partial charge is 0.497 e. The van der Waals surface area contributed by atoms with Crippen LogP contribution in [0.5, 0.6) is 5.75 Å². The molecule has 30 heavy (non-hydrogen) atoms. The zero-order valence-corrected chi connectivity index (χ0v) is 17.6. The lowest BCUT2D eigenvalue weighted by Crippen LogP contribution is -2.16. The second kappa shape index (κ2) is 7.95. The number of amides is 1. The van der Waals surface area contributed by atoms with Gasteiger partial charge in [0.05, 0.1) is 30.4 Å². The minimum Gasteiger partial charge on any atom is -0.497 e. The maximum Gasteiger partial charge on any atom is 0.276 e. The lowest BCUT2D eigenvalue weighted by atomic mass is 10.1. The first-order valence-electron chi connectivity index (χ1n) is 9.67. The maximum atomic E-state index is 12.8. The van der Waals surface area contributed by atoms with E-state index < -0.39 is 9.84 Å². The van der Waals surface area contributed by atoms with Gasteiger partial charge in [0, 0.05) is 11.3 Å². The van der Waals surface area contributed by atoms with Crippen LogP contribution in [0.25, 0.3) is 11.3 Å². The molecule has 1 aromatic heterocycles. The first-order valence-corrected chi connectivity index (χ1v) is 11.5. The van der Waals surface area contributed by atoms with Gasteiger partial charge in [-0.15, -0.1) is 0 Å². The van der Waals surface area contributed by atoms with Gasteiger partial charge in [-0.05, 0) is 61.4 Å². The fraction of sp³-hybridized carbons (Fsp3) is 0.273. The third-order valence-corrected chi connectivity index (χ3v) is 6.93. The maximum absolute atomic E-state index is 12.8. The van der Waals surface area contributed by atoms with E-state index in [4.69, 9.17) is 4.74 Å². The Balaban J connectivity index is 1.70. The van der Waals surface area contributed by atoms with Gasteiger partial charge in [0.25, 0.3) is 5.91 Å². The Labute approximate surface area is 175 Å². The van der Waals surface area contributed by atoms with Crippen LogP contribution in [0.15, 0.2) is 54.6 Å². The van der Waals surface area contributed by atoms with Crippen molar-refractivity contribution in [3.63, 3.8) is 0 Å². The van der Waals surface area contributed by atoms with Crippen LogP contribution >= 0.6 is 0 Å². The Kier molecular flexibility index (Phi) is 5.34. The minimum atomic E-state index is -3.10. The topological polar surface area (TPSA) is 90.3 Å². The van der Waals surface area contributed by atoms with Crippen LogP contribution < -0.4 is 10.1 Å². The van der Waals surface area contributed by atoms with Crippen molar-refractivity contribution in [3.8, 4) is 17.0 Å². The molecule has 8 heteroatoms. The van der Waals surface area contributed by atoms with E-state index in [0.29, 0.717) is 23.6 Å². The number of aryl methyl sites for hydroxylation is 1. The third kappa shape index (κ3) is 4.23. The van der Waals surface area contributed by atoms with E-state index in [1.807, 2.05) is 55.5 Å². The Hall–Kier alpha value is -3.13. The van der Waals surface area contributed by atoms with Crippen LogP contribution in [0.1, 0.15) is 28.5 Å². The number of hydrogen-bond acceptors (Lipinski definition) is 5. The number of benzene rings is 2. The second-order valence-corrected chi connectivity index (χ2v) is 9.70. The standard InChI is InChI=1S/C22H23N3O4S/c1-15-4-3-5-17(12-15)23-22(26)20-13-21(16-6-8-19(29-2)9-7-16)25(24-20)18-10-11-30(27,28)14-18/h3-9,12-13,18H,10-11,14H2,1-2H3,(H,23,26)/t18-/m0/s1. The molecule has 4 rings (SSSR count). The van der Waals surface area contributed by atoms with E-state index in [-0.39, 0.29) is 29.1 Å². The molecule has 7 nitrogen and oxygen atoms in total. The summed E-state index contributed by atoms with van der Waals surface area (Å²) >= 11 is 0. The number of carbonyl (C=O) groups excluding carboxylic acids is 1. The molecule has 3 aromatic rings. The summed E-state index contributed by atoms with van der Waals surface area (Å²) in [5.74, 6) is 0.530. The van der Waals surface area contributed by atoms with Gasteiger partial charge in [-0.1, -0.05) is 12.1 Å². The number of ether oxygens (including phenoxy) is 1. The molecule has 156 valence electrons. The summed E-state index contributed by atoms with van der Waals surface area (Å²) in [7, 11) is -1.51. The van der Waals surface area contributed by atoms with Crippen molar-refractivity contribution in [2.24, 2.45) is 0 Å². The Bertz CT molecular complexity index is 1180. The van der Waals surface area contributed by atoms with Crippen molar-refractivity contribution in [1.82, 2.24) is 9.78 Å². The van der Waals surface area contributed by atoms with Crippen LogP contribution in [-0.2, 0) is 9.84 Å². The fourth-order valence-electron chi connectivity index (χ4n) is 3.65. The molecule has 2 heterocycles. The van der Waals surface area contributed by atoms with Gasteiger partial charge in [0.15, 0.2) is 15.5 Å². The number of methoxy groups -OCH3 is 1. The summed E-state index contributed by atoms with van der Waals surface area (Å²) in [5, 5.41) is 7.37. The summed E-state index contributed by atoms with van der Waals surface area (Å²) < 4.78 is 30.9. The Morgan fingerprint density at radius 2 is 1.93 bits per heavy atom. The molecule has 0 radical (unpaired) electrons. The number of anilines is 1. The Morgan fingerprint density at radius 3 is 2.57 bits per heavy atom. The monoisotopic (exact) mass is 425 g/mol. The molecular weight excluding hydrogens is 402 g/mol. The van der Waals surface area contributed by atoms with Crippen LogP contribution in [0.3, 0.4) is 0 Å². The van der Waals surface area contributed by atoms with Crippen LogP contribution in [-0.4, -0.2) is 42.7 Å². The van der Waals surface area contributed by atoms with Gasteiger partial charge in [-0.2, -0.15) is 5.10 Å². The number of rotatable bonds is 5. The average Bonchev–Trinajstić information content (AvgIpc) is 3.31. The number of carbonyl (C=O) groups is 1. The molecule has 1 aliphatic rings. The van der Waals surface area contributed by atoms with E-state index >= 15 is 0 Å². The molecule has 0 spiro atoms. The highest BCUT2D eigenvalue weighted by Gasteiger charge is 2.32. The SMILES string of the molecule is COc1ccc(-c2cc(C(=O)Nc3cccc(C)c3)nn2[C@H]2CCS(=O)(=O)C2)cc1. The number of aromatic nitrogens is 2. The van der Waals surface area contributed by atoms with Gasteiger partial charge in [0.2, 0.25) is 0 Å². The van der Waals surface area contributed by atoms with Crippen molar-refractivity contribution >= 4 is 21.4 Å². The molecule has 1 aliphatic heterocycles. The highest BCUT2D eigenvalue weighted by molar-refractivity contribution is 7.91. The molecular formula is C22H23N3O4S. The quantitative estimate of drug-likeness (QED) is 0.676. The summed E-state index contributed by atoms with van der Waals surface area (Å²) in [4.78, 5) is 12.8. The molecule has 0 aliphatic carbocycles. The van der Waals surface area contributed by atoms with E-state index in [9.17, 15) is 13.2 Å². The second-order valence-electron chi connectivity index (χ2n) is 7.47. The van der Waals surface area contributed by atoms with Gasteiger partial charge in [-0.25, -0.2) is 8.42 Å². The van der Waals surface area contributed by atoms with E-state index in [2.05, 4.69) is 10.4 Å². The molecule has 2 aromatic carbocycles. The molecule has 1 atom stereocenters. The molecule has 1 amide bonds. The smallest absolute Gasteiger partial charge is 0.276 e. The first kappa shape index (κ1) is 20.2. The van der Waals surface area contributed by atoms with Gasteiger partial charge in [0.1, 0.15) is 5.75 Å². The predicted molar refractivity (Wildman–Crippen MR) is 116 cm³/mol. The number of sulfone groups is 1. The van der Waals surface area contributed by atoms with E-state index in [1.165, 1.54) is 0 Å². The third-order valence-electron chi connectivity index (χ3n) is 5.18. The van der Waals surface area contributed by atoms with Gasteiger partial charge in [-0.3, -0.25) is 9.48 Å². The van der Waals surface area contributed by atoms with Crippen molar-refractivity contribution in [2.45, 2.75) is 19.4 Å². The van der Waals surface area contributed by atoms with E-state index in [1.54, 1.807) is 17.9 Å². The van der Waals surface area contributed by atoms with Crippen molar-refractivity contribution in [3.05, 3.63) is 65.9 Å². The summed E-state index contributed by atoms with van der Waals surface area (Å²) in [6, 6.07) is 16.3. The highest BCUT2D eigenvalue weighted by atomic mass is 32.2. The molecule has 0 saturated carbocycles. The fourth-order valence-corrected chi connectivity index (χ4v) is 5.34.